The highest BCUT2D eigenvalue weighted by molar-refractivity contribution is 7.42. The number of fused-ring (bicyclic) bond motifs is 1. The predicted molar refractivity (Wildman–Crippen MR) is 104 cm³/mol. The molecule has 0 spiro atoms. The first-order valence-corrected chi connectivity index (χ1v) is 10.6. The Bertz CT molecular complexity index is 951. The van der Waals surface area contributed by atoms with E-state index in [0.29, 0.717) is 0 Å². The van der Waals surface area contributed by atoms with E-state index in [1.807, 2.05) is 12.1 Å². The fraction of sp³-hybridized carbons (Fsp3) is 0.133. The van der Waals surface area contributed by atoms with Gasteiger partial charge in [0.15, 0.2) is 10.1 Å². The Kier molecular flexibility index (Phi) is 4.02. The van der Waals surface area contributed by atoms with Crippen LogP contribution >= 0.6 is 56.7 Å². The summed E-state index contributed by atoms with van der Waals surface area (Å²) in [4.78, 5) is 16.5. The average molecular weight is 399 g/mol. The second kappa shape index (κ2) is 6.03. The molecular weight excluding hydrogens is 388 g/mol. The van der Waals surface area contributed by atoms with Crippen LogP contribution in [0.3, 0.4) is 0 Å². The quantitative estimate of drug-likeness (QED) is 0.432. The Hall–Kier alpha value is -1.19. The summed E-state index contributed by atoms with van der Waals surface area (Å²) in [5, 5.41) is 1.76. The largest absolute Gasteiger partial charge is 0.487 e. The third kappa shape index (κ3) is 2.64. The van der Waals surface area contributed by atoms with E-state index in [1.54, 1.807) is 48.2 Å². The minimum atomic E-state index is 0.136. The first kappa shape index (κ1) is 15.3. The van der Waals surface area contributed by atoms with E-state index in [1.165, 1.54) is 22.7 Å². The SMILES string of the molecule is COc1ccc(-c2sc(-c3ccc(OC)s3)c3sc(=O)sc23)s1. The highest BCUT2D eigenvalue weighted by atomic mass is 32.2. The monoisotopic (exact) mass is 398 g/mol. The van der Waals surface area contributed by atoms with E-state index >= 15 is 0 Å². The van der Waals surface area contributed by atoms with E-state index in [2.05, 4.69) is 12.1 Å². The van der Waals surface area contributed by atoms with E-state index < -0.39 is 0 Å². The molecule has 0 aliphatic heterocycles. The summed E-state index contributed by atoms with van der Waals surface area (Å²) < 4.78 is 12.9. The summed E-state index contributed by atoms with van der Waals surface area (Å²) in [5.41, 5.74) is 0. The van der Waals surface area contributed by atoms with Crippen LogP contribution in [0, 0.1) is 0 Å². The maximum atomic E-state index is 11.9. The van der Waals surface area contributed by atoms with Gasteiger partial charge >= 0.3 is 0 Å². The molecule has 0 fully saturated rings. The number of ether oxygens (including phenoxy) is 2. The van der Waals surface area contributed by atoms with E-state index in [9.17, 15) is 4.79 Å². The van der Waals surface area contributed by atoms with Gasteiger partial charge in [-0.3, -0.25) is 4.79 Å². The molecule has 4 aromatic heterocycles. The highest BCUT2D eigenvalue weighted by Crippen LogP contribution is 2.51. The molecule has 4 heterocycles. The van der Waals surface area contributed by atoms with Crippen molar-refractivity contribution in [1.29, 1.82) is 0 Å². The Labute approximate surface area is 152 Å². The summed E-state index contributed by atoms with van der Waals surface area (Å²) in [7, 11) is 3.35. The number of methoxy groups -OCH3 is 2. The average Bonchev–Trinajstić information content (AvgIpc) is 3.29. The van der Waals surface area contributed by atoms with Crippen molar-refractivity contribution in [2.45, 2.75) is 0 Å². The van der Waals surface area contributed by atoms with Crippen LogP contribution in [0.25, 0.3) is 28.9 Å². The number of rotatable bonds is 4. The Morgan fingerprint density at radius 2 is 1.17 bits per heavy atom. The van der Waals surface area contributed by atoms with Gasteiger partial charge in [-0.05, 0) is 24.3 Å². The van der Waals surface area contributed by atoms with Gasteiger partial charge < -0.3 is 9.47 Å². The predicted octanol–water partition coefficient (Wildman–Crippen LogP) is 5.86. The molecule has 0 saturated heterocycles. The van der Waals surface area contributed by atoms with E-state index in [0.717, 1.165) is 39.0 Å². The molecule has 8 heteroatoms. The molecule has 0 atom stereocenters. The Balaban J connectivity index is 1.93. The topological polar surface area (TPSA) is 35.5 Å². The molecule has 0 unspecified atom stereocenters. The molecular formula is C15H10O3S5. The van der Waals surface area contributed by atoms with Gasteiger partial charge in [0.1, 0.15) is 0 Å². The second-order valence-electron chi connectivity index (χ2n) is 4.52. The fourth-order valence-corrected chi connectivity index (χ4v) is 7.97. The molecule has 4 aromatic rings. The lowest BCUT2D eigenvalue weighted by Crippen LogP contribution is -1.74. The normalized spacial score (nSPS) is 11.2. The van der Waals surface area contributed by atoms with Gasteiger partial charge in [-0.15, -0.1) is 11.3 Å². The maximum absolute atomic E-state index is 11.9. The lowest BCUT2D eigenvalue weighted by molar-refractivity contribution is 0.427. The van der Waals surface area contributed by atoms with Gasteiger partial charge in [-0.2, -0.15) is 0 Å². The number of hydrogen-bond donors (Lipinski definition) is 0. The van der Waals surface area contributed by atoms with Crippen molar-refractivity contribution in [2.24, 2.45) is 0 Å². The minimum absolute atomic E-state index is 0.136. The van der Waals surface area contributed by atoms with E-state index in [-0.39, 0.29) is 4.06 Å². The second-order valence-corrected chi connectivity index (χ2v) is 9.86. The highest BCUT2D eigenvalue weighted by Gasteiger charge is 2.20. The van der Waals surface area contributed by atoms with Gasteiger partial charge in [-0.25, -0.2) is 0 Å². The molecule has 3 nitrogen and oxygen atoms in total. The smallest absolute Gasteiger partial charge is 0.288 e. The van der Waals surface area contributed by atoms with Crippen LogP contribution in [-0.4, -0.2) is 14.2 Å². The van der Waals surface area contributed by atoms with Crippen molar-refractivity contribution >= 4 is 66.1 Å². The molecule has 0 radical (unpaired) electrons. The minimum Gasteiger partial charge on any atom is -0.487 e. The summed E-state index contributed by atoms with van der Waals surface area (Å²) >= 11 is 7.60. The third-order valence-corrected chi connectivity index (χ3v) is 9.29. The standard InChI is InChI=1S/C15H10O3S5/c1-17-9-5-3-7(19-9)11-13-14(23-15(16)22-13)12(21-11)8-4-6-10(18-2)20-8/h3-6H,1-2H3. The van der Waals surface area contributed by atoms with Crippen LogP contribution in [0.4, 0.5) is 0 Å². The zero-order valence-corrected chi connectivity index (χ0v) is 16.2. The van der Waals surface area contributed by atoms with Crippen molar-refractivity contribution < 1.29 is 9.47 Å². The molecule has 118 valence electrons. The van der Waals surface area contributed by atoms with Crippen LogP contribution in [0.15, 0.2) is 29.1 Å². The van der Waals surface area contributed by atoms with Crippen LogP contribution < -0.4 is 13.5 Å². The molecule has 0 saturated carbocycles. The Morgan fingerprint density at radius 1 is 0.696 bits per heavy atom. The fourth-order valence-electron chi connectivity index (χ4n) is 2.20. The van der Waals surface area contributed by atoms with Crippen molar-refractivity contribution in [1.82, 2.24) is 0 Å². The Morgan fingerprint density at radius 3 is 1.57 bits per heavy atom. The zero-order chi connectivity index (χ0) is 16.0. The van der Waals surface area contributed by atoms with Gasteiger partial charge in [0, 0.05) is 9.75 Å². The first-order chi connectivity index (χ1) is 11.2. The lowest BCUT2D eigenvalue weighted by Gasteiger charge is -1.93. The molecule has 0 aliphatic carbocycles. The zero-order valence-electron chi connectivity index (χ0n) is 12.1. The summed E-state index contributed by atoms with van der Waals surface area (Å²) in [6, 6.07) is 8.05. The van der Waals surface area contributed by atoms with Crippen LogP contribution in [-0.2, 0) is 0 Å². The van der Waals surface area contributed by atoms with Crippen molar-refractivity contribution in [2.75, 3.05) is 14.2 Å². The van der Waals surface area contributed by atoms with Gasteiger partial charge in [0.25, 0.3) is 4.06 Å². The summed E-state index contributed by atoms with van der Waals surface area (Å²) in [6.45, 7) is 0. The summed E-state index contributed by atoms with van der Waals surface area (Å²) in [5.74, 6) is 0. The van der Waals surface area contributed by atoms with Crippen molar-refractivity contribution in [3.8, 4) is 29.6 Å². The lowest BCUT2D eigenvalue weighted by atomic mass is 10.3. The molecule has 4 rings (SSSR count). The van der Waals surface area contributed by atoms with Crippen LogP contribution in [0.2, 0.25) is 0 Å². The van der Waals surface area contributed by atoms with Crippen molar-refractivity contribution in [3.05, 3.63) is 33.1 Å². The maximum Gasteiger partial charge on any atom is 0.288 e. The van der Waals surface area contributed by atoms with Crippen molar-refractivity contribution in [3.63, 3.8) is 0 Å². The van der Waals surface area contributed by atoms with Crippen LogP contribution in [0.5, 0.6) is 10.1 Å². The van der Waals surface area contributed by atoms with Gasteiger partial charge in [0.2, 0.25) is 0 Å². The first-order valence-electron chi connectivity index (χ1n) is 6.54. The molecule has 0 N–H and O–H groups in total. The molecule has 0 aromatic carbocycles. The van der Waals surface area contributed by atoms with E-state index in [4.69, 9.17) is 9.47 Å². The molecule has 0 bridgehead atoms. The number of hydrogen-bond acceptors (Lipinski definition) is 8. The molecule has 23 heavy (non-hydrogen) atoms. The van der Waals surface area contributed by atoms with Gasteiger partial charge in [-0.1, -0.05) is 45.3 Å². The third-order valence-electron chi connectivity index (χ3n) is 3.21. The number of thiophene rings is 3. The van der Waals surface area contributed by atoms with Crippen LogP contribution in [0.1, 0.15) is 0 Å². The molecule has 0 amide bonds. The summed E-state index contributed by atoms with van der Waals surface area (Å²) in [6.07, 6.45) is 0. The van der Waals surface area contributed by atoms with Gasteiger partial charge in [0.05, 0.1) is 33.4 Å². The molecule has 0 aliphatic rings.